The molecule has 1 atom stereocenters. The van der Waals surface area contributed by atoms with E-state index in [-0.39, 0.29) is 5.78 Å². The van der Waals surface area contributed by atoms with E-state index in [0.717, 1.165) is 23.3 Å². The van der Waals surface area contributed by atoms with Crippen molar-refractivity contribution >= 4 is 11.9 Å². The van der Waals surface area contributed by atoms with Crippen LogP contribution in [0.5, 0.6) is 5.75 Å². The van der Waals surface area contributed by atoms with Crippen LogP contribution >= 0.6 is 0 Å². The second-order valence-electron chi connectivity index (χ2n) is 4.25. The van der Waals surface area contributed by atoms with Crippen molar-refractivity contribution in [2.24, 2.45) is 0 Å². The van der Waals surface area contributed by atoms with Gasteiger partial charge in [-0.05, 0) is 20.3 Å². The summed E-state index contributed by atoms with van der Waals surface area (Å²) in [7, 11) is 0. The Balaban J connectivity index is 2.44. The first-order valence-corrected chi connectivity index (χ1v) is 6.28. The molecule has 1 aromatic rings. The van der Waals surface area contributed by atoms with E-state index in [1.165, 1.54) is 0 Å². The Morgan fingerprint density at radius 3 is 3.06 bits per heavy atom. The van der Waals surface area contributed by atoms with Crippen LogP contribution in [0.25, 0.3) is 6.08 Å². The van der Waals surface area contributed by atoms with Gasteiger partial charge in [-0.1, -0.05) is 30.4 Å². The van der Waals surface area contributed by atoms with Gasteiger partial charge >= 0.3 is 0 Å². The van der Waals surface area contributed by atoms with E-state index in [1.807, 2.05) is 31.2 Å². The van der Waals surface area contributed by atoms with Gasteiger partial charge in [0.1, 0.15) is 11.9 Å². The normalized spacial score (nSPS) is 15.4. The molecule has 2 rings (SSSR count). The van der Waals surface area contributed by atoms with E-state index >= 15 is 0 Å². The molecule has 0 saturated heterocycles. The number of Topliss-reactive ketones (excluding diaryl/α,β-unsaturated/α-hetero) is 1. The first kappa shape index (κ1) is 12.8. The summed E-state index contributed by atoms with van der Waals surface area (Å²) in [6.07, 6.45) is 4.47. The predicted octanol–water partition coefficient (Wildman–Crippen LogP) is 3.15. The zero-order valence-corrected chi connectivity index (χ0v) is 10.8. The zero-order chi connectivity index (χ0) is 13.0. The van der Waals surface area contributed by atoms with Crippen LogP contribution in [0.4, 0.5) is 0 Å². The maximum Gasteiger partial charge on any atom is 0.163 e. The van der Waals surface area contributed by atoms with Crippen LogP contribution in [0.15, 0.2) is 24.3 Å². The third-order valence-electron chi connectivity index (χ3n) is 2.89. The van der Waals surface area contributed by atoms with Crippen molar-refractivity contribution in [2.75, 3.05) is 13.2 Å². The maximum absolute atomic E-state index is 11.7. The van der Waals surface area contributed by atoms with Crippen LogP contribution < -0.4 is 4.74 Å². The molecule has 1 unspecified atom stereocenters. The van der Waals surface area contributed by atoms with Gasteiger partial charge < -0.3 is 9.47 Å². The van der Waals surface area contributed by atoms with Crippen molar-refractivity contribution in [3.8, 4) is 5.75 Å². The lowest BCUT2D eigenvalue weighted by Gasteiger charge is -2.19. The Morgan fingerprint density at radius 1 is 1.50 bits per heavy atom. The second kappa shape index (κ2) is 5.83. The molecule has 0 saturated carbocycles. The Bertz CT molecular complexity index is 463. The lowest BCUT2D eigenvalue weighted by molar-refractivity contribution is -0.128. The van der Waals surface area contributed by atoms with Gasteiger partial charge in [-0.2, -0.15) is 0 Å². The molecule has 1 aliphatic heterocycles. The van der Waals surface area contributed by atoms with Crippen molar-refractivity contribution in [3.05, 3.63) is 35.4 Å². The molecule has 1 heterocycles. The maximum atomic E-state index is 11.7. The monoisotopic (exact) mass is 246 g/mol. The molecule has 0 N–H and O–H groups in total. The molecule has 0 aliphatic carbocycles. The second-order valence-corrected chi connectivity index (χ2v) is 4.25. The zero-order valence-electron chi connectivity index (χ0n) is 10.8. The van der Waals surface area contributed by atoms with Crippen molar-refractivity contribution in [3.63, 3.8) is 0 Å². The first-order valence-electron chi connectivity index (χ1n) is 6.28. The Morgan fingerprint density at radius 2 is 2.33 bits per heavy atom. The average molecular weight is 246 g/mol. The molecule has 0 amide bonds. The quantitative estimate of drug-likeness (QED) is 0.818. The fourth-order valence-corrected chi connectivity index (χ4v) is 2.11. The molecular formula is C15H18O3. The minimum Gasteiger partial charge on any atom is -0.492 e. The van der Waals surface area contributed by atoms with Gasteiger partial charge in [0.05, 0.1) is 6.61 Å². The highest BCUT2D eigenvalue weighted by atomic mass is 16.5. The highest BCUT2D eigenvalue weighted by Gasteiger charge is 2.23. The fourth-order valence-electron chi connectivity index (χ4n) is 2.11. The van der Waals surface area contributed by atoms with E-state index in [2.05, 4.69) is 6.08 Å². The molecule has 18 heavy (non-hydrogen) atoms. The minimum atomic E-state index is -0.531. The molecule has 0 spiro atoms. The van der Waals surface area contributed by atoms with Crippen molar-refractivity contribution in [1.82, 2.24) is 0 Å². The summed E-state index contributed by atoms with van der Waals surface area (Å²) in [6, 6.07) is 5.83. The van der Waals surface area contributed by atoms with Crippen LogP contribution in [0.1, 0.15) is 37.5 Å². The third kappa shape index (κ3) is 2.62. The Labute approximate surface area is 107 Å². The average Bonchev–Trinajstić information content (AvgIpc) is 2.60. The van der Waals surface area contributed by atoms with E-state index < -0.39 is 6.10 Å². The third-order valence-corrected chi connectivity index (χ3v) is 2.89. The van der Waals surface area contributed by atoms with Gasteiger partial charge in [-0.15, -0.1) is 0 Å². The predicted molar refractivity (Wildman–Crippen MR) is 70.6 cm³/mol. The molecule has 1 aromatic carbocycles. The first-order chi connectivity index (χ1) is 8.74. The summed E-state index contributed by atoms with van der Waals surface area (Å²) in [5, 5.41) is 0. The summed E-state index contributed by atoms with van der Waals surface area (Å²) in [5.74, 6) is 0.780. The van der Waals surface area contributed by atoms with Gasteiger partial charge in [0.15, 0.2) is 5.78 Å². The molecule has 3 nitrogen and oxygen atoms in total. The number of hydrogen-bond acceptors (Lipinski definition) is 3. The Kier molecular flexibility index (Phi) is 4.15. The molecule has 96 valence electrons. The summed E-state index contributed by atoms with van der Waals surface area (Å²) < 4.78 is 11.3. The topological polar surface area (TPSA) is 35.5 Å². The number of benzene rings is 1. The SMILES string of the molecule is CCOC(C(C)=O)c1cccc2c1OCCC=C2. The van der Waals surface area contributed by atoms with E-state index in [9.17, 15) is 4.79 Å². The van der Waals surface area contributed by atoms with Crippen LogP contribution in [-0.2, 0) is 9.53 Å². The molecule has 1 aliphatic rings. The molecule has 3 heteroatoms. The van der Waals surface area contributed by atoms with Crippen molar-refractivity contribution < 1.29 is 14.3 Å². The van der Waals surface area contributed by atoms with Gasteiger partial charge in [0.2, 0.25) is 0 Å². The number of ketones is 1. The minimum absolute atomic E-state index is 0.00192. The number of ether oxygens (including phenoxy) is 2. The largest absolute Gasteiger partial charge is 0.492 e. The standard InChI is InChI=1S/C15H18O3/c1-3-17-14(11(2)16)13-9-6-8-12-7-4-5-10-18-15(12)13/h4,6-9,14H,3,5,10H2,1-2H3. The van der Waals surface area contributed by atoms with Crippen molar-refractivity contribution in [2.45, 2.75) is 26.4 Å². The highest BCUT2D eigenvalue weighted by molar-refractivity contribution is 5.83. The van der Waals surface area contributed by atoms with Gasteiger partial charge in [-0.3, -0.25) is 4.79 Å². The summed E-state index contributed by atoms with van der Waals surface area (Å²) >= 11 is 0. The smallest absolute Gasteiger partial charge is 0.163 e. The van der Waals surface area contributed by atoms with Crippen LogP contribution in [-0.4, -0.2) is 19.0 Å². The molecule has 0 fully saturated rings. The van der Waals surface area contributed by atoms with Crippen LogP contribution in [0.3, 0.4) is 0 Å². The van der Waals surface area contributed by atoms with Crippen LogP contribution in [0.2, 0.25) is 0 Å². The number of hydrogen-bond donors (Lipinski definition) is 0. The molecule has 0 aromatic heterocycles. The summed E-state index contributed by atoms with van der Waals surface area (Å²) in [6.45, 7) is 4.57. The van der Waals surface area contributed by atoms with E-state index in [4.69, 9.17) is 9.47 Å². The molecule has 0 bridgehead atoms. The number of fused-ring (bicyclic) bond motifs is 1. The summed E-state index contributed by atoms with van der Waals surface area (Å²) in [4.78, 5) is 11.7. The van der Waals surface area contributed by atoms with Gasteiger partial charge in [0, 0.05) is 17.7 Å². The van der Waals surface area contributed by atoms with Gasteiger partial charge in [0.25, 0.3) is 0 Å². The lowest BCUT2D eigenvalue weighted by Crippen LogP contribution is -2.15. The molecular weight excluding hydrogens is 228 g/mol. The Hall–Kier alpha value is -1.61. The van der Waals surface area contributed by atoms with Crippen molar-refractivity contribution in [1.29, 1.82) is 0 Å². The number of para-hydroxylation sites is 1. The molecule has 0 radical (unpaired) electrons. The number of carbonyl (C=O) groups excluding carboxylic acids is 1. The van der Waals surface area contributed by atoms with E-state index in [0.29, 0.717) is 13.2 Å². The highest BCUT2D eigenvalue weighted by Crippen LogP contribution is 2.34. The summed E-state index contributed by atoms with van der Waals surface area (Å²) in [5.41, 5.74) is 1.84. The lowest BCUT2D eigenvalue weighted by atomic mass is 10.0. The number of rotatable bonds is 4. The van der Waals surface area contributed by atoms with Crippen LogP contribution in [0, 0.1) is 0 Å². The fraction of sp³-hybridized carbons (Fsp3) is 0.400. The van der Waals surface area contributed by atoms with Gasteiger partial charge in [-0.25, -0.2) is 0 Å². The van der Waals surface area contributed by atoms with E-state index in [1.54, 1.807) is 6.92 Å². The number of carbonyl (C=O) groups is 1.